The van der Waals surface area contributed by atoms with E-state index in [9.17, 15) is 9.59 Å². The van der Waals surface area contributed by atoms with Gasteiger partial charge >= 0.3 is 0 Å². The van der Waals surface area contributed by atoms with Crippen LogP contribution in [0.3, 0.4) is 0 Å². The quantitative estimate of drug-likeness (QED) is 0.332. The maximum atomic E-state index is 13.2. The summed E-state index contributed by atoms with van der Waals surface area (Å²) in [4.78, 5) is 33.7. The maximum absolute atomic E-state index is 13.2. The molecular formula is C21H17N3O2S3. The van der Waals surface area contributed by atoms with Gasteiger partial charge in [0, 0.05) is 17.6 Å². The number of thiocarbonyl (C=S) groups is 1. The molecule has 29 heavy (non-hydrogen) atoms. The molecule has 1 saturated heterocycles. The molecule has 1 aliphatic rings. The lowest BCUT2D eigenvalue weighted by Crippen LogP contribution is -2.28. The summed E-state index contributed by atoms with van der Waals surface area (Å²) >= 11 is 7.98. The van der Waals surface area contributed by atoms with Crippen LogP contribution >= 0.6 is 35.7 Å². The number of thioether (sulfide) groups is 1. The zero-order chi connectivity index (χ0) is 20.4. The molecule has 5 nitrogen and oxygen atoms in total. The number of pyridine rings is 1. The Bertz CT molecular complexity index is 1190. The lowest BCUT2D eigenvalue weighted by Gasteiger charge is -2.12. The summed E-state index contributed by atoms with van der Waals surface area (Å²) < 4.78 is 2.02. The second-order valence-corrected chi connectivity index (χ2v) is 9.05. The minimum atomic E-state index is -0.213. The van der Waals surface area contributed by atoms with Crippen molar-refractivity contribution < 1.29 is 4.79 Å². The smallest absolute Gasteiger partial charge is 0.266 e. The minimum absolute atomic E-state index is 0.157. The van der Waals surface area contributed by atoms with Crippen LogP contribution in [0, 0.1) is 0 Å². The number of benzene rings is 1. The summed E-state index contributed by atoms with van der Waals surface area (Å²) in [5, 5.41) is 0.563. The molecule has 1 aliphatic heterocycles. The van der Waals surface area contributed by atoms with Crippen molar-refractivity contribution >= 4 is 57.7 Å². The number of amides is 1. The van der Waals surface area contributed by atoms with Gasteiger partial charge in [-0.25, -0.2) is 4.98 Å². The van der Waals surface area contributed by atoms with Crippen LogP contribution in [0.1, 0.15) is 18.9 Å². The van der Waals surface area contributed by atoms with Crippen molar-refractivity contribution in [2.75, 3.05) is 6.54 Å². The summed E-state index contributed by atoms with van der Waals surface area (Å²) in [6.07, 6.45) is 4.13. The van der Waals surface area contributed by atoms with E-state index in [-0.39, 0.29) is 11.5 Å². The molecular weight excluding hydrogens is 422 g/mol. The molecule has 1 aromatic carbocycles. The molecule has 8 heteroatoms. The van der Waals surface area contributed by atoms with Crippen LogP contribution in [0.4, 0.5) is 0 Å². The Morgan fingerprint density at radius 1 is 1.14 bits per heavy atom. The normalized spacial score (nSPS) is 15.6. The number of rotatable bonds is 5. The van der Waals surface area contributed by atoms with E-state index in [0.717, 1.165) is 11.3 Å². The average Bonchev–Trinajstić information content (AvgIpc) is 2.99. The fourth-order valence-electron chi connectivity index (χ4n) is 2.93. The first-order chi connectivity index (χ1) is 14.1. The van der Waals surface area contributed by atoms with Gasteiger partial charge in [-0.05, 0) is 36.8 Å². The van der Waals surface area contributed by atoms with Crippen molar-refractivity contribution in [2.45, 2.75) is 23.3 Å². The fraction of sp³-hybridized carbons (Fsp3) is 0.143. The van der Waals surface area contributed by atoms with E-state index < -0.39 is 0 Å². The molecule has 1 fully saturated rings. The molecule has 1 amide bonds. The highest BCUT2D eigenvalue weighted by molar-refractivity contribution is 8.26. The number of carbonyl (C=O) groups is 1. The van der Waals surface area contributed by atoms with E-state index in [1.165, 1.54) is 27.9 Å². The van der Waals surface area contributed by atoms with Gasteiger partial charge in [0.15, 0.2) is 0 Å². The Labute approximate surface area is 181 Å². The Balaban J connectivity index is 1.85. The molecule has 2 aromatic heterocycles. The molecule has 0 N–H and O–H groups in total. The molecule has 0 atom stereocenters. The van der Waals surface area contributed by atoms with Crippen LogP contribution in [-0.2, 0) is 4.79 Å². The zero-order valence-electron chi connectivity index (χ0n) is 15.6. The molecule has 0 aliphatic carbocycles. The van der Waals surface area contributed by atoms with Gasteiger partial charge in [-0.2, -0.15) is 0 Å². The highest BCUT2D eigenvalue weighted by Crippen LogP contribution is 2.35. The molecule has 3 aromatic rings. The van der Waals surface area contributed by atoms with Crippen LogP contribution < -0.4 is 5.56 Å². The van der Waals surface area contributed by atoms with Crippen LogP contribution in [0.25, 0.3) is 11.7 Å². The van der Waals surface area contributed by atoms with Crippen LogP contribution in [0.15, 0.2) is 74.3 Å². The molecule has 0 unspecified atom stereocenters. The lowest BCUT2D eigenvalue weighted by atomic mass is 10.2. The van der Waals surface area contributed by atoms with E-state index in [1.54, 1.807) is 29.3 Å². The molecule has 0 spiro atoms. The predicted octanol–water partition coefficient (Wildman–Crippen LogP) is 4.46. The number of hydrogen-bond acceptors (Lipinski definition) is 6. The van der Waals surface area contributed by atoms with E-state index in [2.05, 4.69) is 4.98 Å². The molecule has 3 heterocycles. The van der Waals surface area contributed by atoms with Gasteiger partial charge in [0.05, 0.1) is 10.5 Å². The third-order valence-electron chi connectivity index (χ3n) is 4.29. The van der Waals surface area contributed by atoms with Crippen molar-refractivity contribution in [1.29, 1.82) is 0 Å². The number of hydrogen-bond donors (Lipinski definition) is 0. The first-order valence-electron chi connectivity index (χ1n) is 9.08. The first kappa shape index (κ1) is 19.9. The van der Waals surface area contributed by atoms with Crippen molar-refractivity contribution in [3.05, 3.63) is 75.6 Å². The van der Waals surface area contributed by atoms with E-state index in [1.807, 2.05) is 43.3 Å². The van der Waals surface area contributed by atoms with Crippen molar-refractivity contribution in [3.8, 4) is 0 Å². The minimum Gasteiger partial charge on any atom is -0.293 e. The fourth-order valence-corrected chi connectivity index (χ4v) is 5.13. The largest absolute Gasteiger partial charge is 0.293 e. The molecule has 4 rings (SSSR count). The van der Waals surface area contributed by atoms with Gasteiger partial charge in [0.1, 0.15) is 15.0 Å². The Morgan fingerprint density at radius 3 is 2.66 bits per heavy atom. The topological polar surface area (TPSA) is 54.7 Å². The first-order valence-corrected chi connectivity index (χ1v) is 11.1. The van der Waals surface area contributed by atoms with Gasteiger partial charge in [0.2, 0.25) is 0 Å². The summed E-state index contributed by atoms with van der Waals surface area (Å²) in [7, 11) is 0. The number of carbonyl (C=O) groups excluding carboxylic acids is 1. The molecule has 0 saturated carbocycles. The SMILES string of the molecule is CCCN1C(=O)C(=Cc2c(Sc3ccccc3)nc3ccccn3c2=O)SC1=S. The number of fused-ring (bicyclic) bond motifs is 1. The lowest BCUT2D eigenvalue weighted by molar-refractivity contribution is -0.122. The second kappa shape index (κ2) is 8.52. The Kier molecular flexibility index (Phi) is 5.84. The third-order valence-corrected chi connectivity index (χ3v) is 6.68. The highest BCUT2D eigenvalue weighted by atomic mass is 32.2. The van der Waals surface area contributed by atoms with Gasteiger partial charge < -0.3 is 0 Å². The highest BCUT2D eigenvalue weighted by Gasteiger charge is 2.32. The van der Waals surface area contributed by atoms with Crippen LogP contribution in [0.2, 0.25) is 0 Å². The Hall–Kier alpha value is -2.42. The summed E-state index contributed by atoms with van der Waals surface area (Å²) in [6, 6.07) is 15.2. The number of aromatic nitrogens is 2. The van der Waals surface area contributed by atoms with Crippen LogP contribution in [-0.4, -0.2) is 31.1 Å². The van der Waals surface area contributed by atoms with E-state index >= 15 is 0 Å². The van der Waals surface area contributed by atoms with Crippen LogP contribution in [0.5, 0.6) is 0 Å². The van der Waals surface area contributed by atoms with Gasteiger partial charge in [-0.15, -0.1) is 0 Å². The summed E-state index contributed by atoms with van der Waals surface area (Å²) in [5.41, 5.74) is 0.737. The predicted molar refractivity (Wildman–Crippen MR) is 122 cm³/mol. The van der Waals surface area contributed by atoms with Crippen molar-refractivity contribution in [3.63, 3.8) is 0 Å². The maximum Gasteiger partial charge on any atom is 0.266 e. The average molecular weight is 440 g/mol. The standard InChI is InChI=1S/C21H17N3O2S3/c1-2-11-24-20(26)16(29-21(24)27)13-15-18(28-14-8-4-3-5-9-14)22-17-10-6-7-12-23(17)19(15)25/h3-10,12-13H,2,11H2,1H3. The molecule has 0 bridgehead atoms. The van der Waals surface area contributed by atoms with Crippen molar-refractivity contribution in [1.82, 2.24) is 14.3 Å². The van der Waals surface area contributed by atoms with E-state index in [4.69, 9.17) is 12.2 Å². The summed E-state index contributed by atoms with van der Waals surface area (Å²) in [5.74, 6) is -0.157. The number of nitrogens with zero attached hydrogens (tertiary/aromatic N) is 3. The molecule has 146 valence electrons. The monoisotopic (exact) mass is 439 g/mol. The van der Waals surface area contributed by atoms with E-state index in [0.29, 0.717) is 32.0 Å². The second-order valence-electron chi connectivity index (χ2n) is 6.31. The zero-order valence-corrected chi connectivity index (χ0v) is 18.0. The summed E-state index contributed by atoms with van der Waals surface area (Å²) in [6.45, 7) is 2.57. The Morgan fingerprint density at radius 2 is 1.90 bits per heavy atom. The molecule has 0 radical (unpaired) electrons. The van der Waals surface area contributed by atoms with Gasteiger partial charge in [-0.1, -0.05) is 66.9 Å². The van der Waals surface area contributed by atoms with Gasteiger partial charge in [0.25, 0.3) is 11.5 Å². The third kappa shape index (κ3) is 4.01. The van der Waals surface area contributed by atoms with Gasteiger partial charge in [-0.3, -0.25) is 18.9 Å². The van der Waals surface area contributed by atoms with Crippen molar-refractivity contribution in [2.24, 2.45) is 0 Å².